The molecule has 86 valence electrons. The van der Waals surface area contributed by atoms with Crippen molar-refractivity contribution in [3.63, 3.8) is 0 Å². The van der Waals surface area contributed by atoms with Crippen LogP contribution in [0.5, 0.6) is 0 Å². The molecule has 1 aliphatic carbocycles. The second kappa shape index (κ2) is 3.75. The first-order valence-electron chi connectivity index (χ1n) is 4.69. The van der Waals surface area contributed by atoms with Gasteiger partial charge in [0.1, 0.15) is 0 Å². The molecule has 0 spiro atoms. The minimum Gasteiger partial charge on any atom is -0.478 e. The Morgan fingerprint density at radius 1 is 1.50 bits per heavy atom. The second-order valence-electron chi connectivity index (χ2n) is 3.57. The van der Waals surface area contributed by atoms with E-state index in [4.69, 9.17) is 5.11 Å². The lowest BCUT2D eigenvalue weighted by Gasteiger charge is -2.08. The predicted octanol–water partition coefficient (Wildman–Crippen LogP) is 0.684. The van der Waals surface area contributed by atoms with Crippen molar-refractivity contribution in [2.45, 2.75) is 18.1 Å². The number of carboxylic acids is 1. The van der Waals surface area contributed by atoms with Gasteiger partial charge in [-0.3, -0.25) is 9.71 Å². The smallest absolute Gasteiger partial charge is 0.337 e. The van der Waals surface area contributed by atoms with E-state index in [0.717, 1.165) is 0 Å². The van der Waals surface area contributed by atoms with Crippen molar-refractivity contribution < 1.29 is 18.3 Å². The van der Waals surface area contributed by atoms with Crippen molar-refractivity contribution in [3.05, 3.63) is 24.0 Å². The van der Waals surface area contributed by atoms with Crippen LogP contribution >= 0.6 is 0 Å². The summed E-state index contributed by atoms with van der Waals surface area (Å²) in [7, 11) is -3.45. The van der Waals surface area contributed by atoms with E-state index in [1.165, 1.54) is 18.5 Å². The third kappa shape index (κ3) is 2.13. The fourth-order valence-electron chi connectivity index (χ4n) is 1.28. The summed E-state index contributed by atoms with van der Waals surface area (Å²) in [4.78, 5) is 14.5. The van der Waals surface area contributed by atoms with Crippen molar-refractivity contribution in [1.82, 2.24) is 4.98 Å². The van der Waals surface area contributed by atoms with Crippen LogP contribution in [0.25, 0.3) is 0 Å². The number of carboxylic acid groups (broad SMARTS) is 1. The first-order valence-corrected chi connectivity index (χ1v) is 6.24. The van der Waals surface area contributed by atoms with E-state index in [-0.39, 0.29) is 11.3 Å². The Kier molecular flexibility index (Phi) is 2.55. The van der Waals surface area contributed by atoms with Gasteiger partial charge in [0.15, 0.2) is 0 Å². The maximum Gasteiger partial charge on any atom is 0.337 e. The number of pyridine rings is 1. The summed E-state index contributed by atoms with van der Waals surface area (Å²) in [6.45, 7) is 0. The number of hydrogen-bond acceptors (Lipinski definition) is 4. The van der Waals surface area contributed by atoms with E-state index in [1.807, 2.05) is 0 Å². The number of rotatable bonds is 4. The quantitative estimate of drug-likeness (QED) is 0.809. The molecule has 0 aliphatic heterocycles. The van der Waals surface area contributed by atoms with Crippen molar-refractivity contribution >= 4 is 21.7 Å². The number of aromatic carboxylic acids is 1. The van der Waals surface area contributed by atoms with Gasteiger partial charge in [-0.15, -0.1) is 0 Å². The van der Waals surface area contributed by atoms with E-state index in [9.17, 15) is 13.2 Å². The molecular formula is C9H10N2O4S. The number of nitrogens with zero attached hydrogens (tertiary/aromatic N) is 1. The Labute approximate surface area is 92.4 Å². The van der Waals surface area contributed by atoms with E-state index in [0.29, 0.717) is 12.8 Å². The number of aromatic nitrogens is 1. The molecule has 0 aromatic carbocycles. The second-order valence-corrected chi connectivity index (χ2v) is 5.53. The Hall–Kier alpha value is -1.63. The highest BCUT2D eigenvalue weighted by atomic mass is 32.2. The number of anilines is 1. The van der Waals surface area contributed by atoms with Gasteiger partial charge in [0.2, 0.25) is 10.0 Å². The summed E-state index contributed by atoms with van der Waals surface area (Å²) in [5.74, 6) is -1.18. The molecule has 1 saturated carbocycles. The summed E-state index contributed by atoms with van der Waals surface area (Å²) in [6, 6.07) is 1.26. The van der Waals surface area contributed by atoms with Gasteiger partial charge in [-0.05, 0) is 18.9 Å². The standard InChI is InChI=1S/C9H10N2O4S/c12-9(13)7-3-4-10-5-8(7)11-16(14,15)6-1-2-6/h3-6,11H,1-2H2,(H,12,13). The molecule has 1 fully saturated rings. The molecule has 0 unspecified atom stereocenters. The lowest BCUT2D eigenvalue weighted by molar-refractivity contribution is 0.0698. The fourth-order valence-corrected chi connectivity index (χ4v) is 2.67. The number of hydrogen-bond donors (Lipinski definition) is 2. The van der Waals surface area contributed by atoms with Gasteiger partial charge in [0.25, 0.3) is 0 Å². The normalized spacial score (nSPS) is 15.8. The van der Waals surface area contributed by atoms with Gasteiger partial charge in [-0.2, -0.15) is 0 Å². The molecule has 0 radical (unpaired) electrons. The van der Waals surface area contributed by atoms with Crippen LogP contribution in [0.2, 0.25) is 0 Å². The zero-order chi connectivity index (χ0) is 11.8. The predicted molar refractivity (Wildman–Crippen MR) is 56.8 cm³/mol. The highest BCUT2D eigenvalue weighted by Gasteiger charge is 2.36. The van der Waals surface area contributed by atoms with E-state index in [2.05, 4.69) is 9.71 Å². The lowest BCUT2D eigenvalue weighted by atomic mass is 10.2. The molecule has 0 atom stereocenters. The zero-order valence-electron chi connectivity index (χ0n) is 8.25. The average molecular weight is 242 g/mol. The Bertz CT molecular complexity index is 522. The van der Waals surface area contributed by atoms with Crippen molar-refractivity contribution in [2.75, 3.05) is 4.72 Å². The number of carbonyl (C=O) groups is 1. The van der Waals surface area contributed by atoms with Gasteiger partial charge in [0.05, 0.1) is 22.7 Å². The van der Waals surface area contributed by atoms with E-state index >= 15 is 0 Å². The summed E-state index contributed by atoms with van der Waals surface area (Å²) in [5, 5.41) is 8.46. The molecule has 1 aromatic rings. The minimum atomic E-state index is -3.45. The van der Waals surface area contributed by atoms with E-state index < -0.39 is 21.2 Å². The van der Waals surface area contributed by atoms with Crippen LogP contribution in [0.4, 0.5) is 5.69 Å². The van der Waals surface area contributed by atoms with Crippen molar-refractivity contribution in [1.29, 1.82) is 0 Å². The monoisotopic (exact) mass is 242 g/mol. The molecule has 16 heavy (non-hydrogen) atoms. The molecular weight excluding hydrogens is 232 g/mol. The third-order valence-corrected chi connectivity index (χ3v) is 4.12. The summed E-state index contributed by atoms with van der Waals surface area (Å²) in [6.07, 6.45) is 3.75. The molecule has 1 aliphatic rings. The SMILES string of the molecule is O=C(O)c1ccncc1NS(=O)(=O)C1CC1. The van der Waals surface area contributed by atoms with Gasteiger partial charge in [-0.25, -0.2) is 13.2 Å². The zero-order valence-corrected chi connectivity index (χ0v) is 9.07. The molecule has 0 bridgehead atoms. The van der Waals surface area contributed by atoms with Crippen LogP contribution in [-0.4, -0.2) is 29.7 Å². The number of sulfonamides is 1. The highest BCUT2D eigenvalue weighted by Crippen LogP contribution is 2.30. The van der Waals surface area contributed by atoms with Crippen LogP contribution in [0, 0.1) is 0 Å². The first kappa shape index (κ1) is 10.9. The lowest BCUT2D eigenvalue weighted by Crippen LogP contribution is -2.19. The fraction of sp³-hybridized carbons (Fsp3) is 0.333. The summed E-state index contributed by atoms with van der Waals surface area (Å²) in [5.41, 5.74) is -0.0823. The van der Waals surface area contributed by atoms with Gasteiger partial charge in [-0.1, -0.05) is 0 Å². The van der Waals surface area contributed by atoms with Gasteiger partial charge in [0, 0.05) is 6.20 Å². The minimum absolute atomic E-state index is 0.0156. The molecule has 2 N–H and O–H groups in total. The molecule has 1 heterocycles. The number of nitrogens with one attached hydrogen (secondary N) is 1. The highest BCUT2D eigenvalue weighted by molar-refractivity contribution is 7.93. The van der Waals surface area contributed by atoms with Crippen LogP contribution in [-0.2, 0) is 10.0 Å². The Morgan fingerprint density at radius 3 is 2.75 bits per heavy atom. The summed E-state index contributed by atoms with van der Waals surface area (Å²) < 4.78 is 25.5. The molecule has 0 saturated heterocycles. The van der Waals surface area contributed by atoms with E-state index in [1.54, 1.807) is 0 Å². The Morgan fingerprint density at radius 2 is 2.19 bits per heavy atom. The molecule has 0 amide bonds. The summed E-state index contributed by atoms with van der Waals surface area (Å²) >= 11 is 0. The van der Waals surface area contributed by atoms with Gasteiger partial charge >= 0.3 is 5.97 Å². The van der Waals surface area contributed by atoms with Crippen LogP contribution in [0.1, 0.15) is 23.2 Å². The molecule has 6 nitrogen and oxygen atoms in total. The molecule has 2 rings (SSSR count). The average Bonchev–Trinajstić information content (AvgIpc) is 3.00. The maximum absolute atomic E-state index is 11.6. The van der Waals surface area contributed by atoms with Gasteiger partial charge < -0.3 is 5.11 Å². The van der Waals surface area contributed by atoms with Crippen molar-refractivity contribution in [3.8, 4) is 0 Å². The largest absolute Gasteiger partial charge is 0.478 e. The van der Waals surface area contributed by atoms with Crippen LogP contribution in [0.15, 0.2) is 18.5 Å². The maximum atomic E-state index is 11.6. The van der Waals surface area contributed by atoms with Crippen molar-refractivity contribution in [2.24, 2.45) is 0 Å². The molecule has 1 aromatic heterocycles. The van der Waals surface area contributed by atoms with Crippen LogP contribution in [0.3, 0.4) is 0 Å². The topological polar surface area (TPSA) is 96.4 Å². The first-order chi connectivity index (χ1) is 7.50. The van der Waals surface area contributed by atoms with Crippen LogP contribution < -0.4 is 4.72 Å². The Balaban J connectivity index is 2.30. The third-order valence-electron chi connectivity index (χ3n) is 2.27. The molecule has 7 heteroatoms.